The third-order valence-corrected chi connectivity index (χ3v) is 5.12. The number of ether oxygens (including phenoxy) is 1. The maximum atomic E-state index is 13.1. The average molecular weight is 328 g/mol. The number of nitrogens with zero attached hydrogens (tertiary/aromatic N) is 2. The first-order valence-electron chi connectivity index (χ1n) is 7.12. The summed E-state index contributed by atoms with van der Waals surface area (Å²) in [4.78, 5) is 15.5. The third kappa shape index (κ3) is 3.07. The van der Waals surface area contributed by atoms with Gasteiger partial charge in [0.2, 0.25) is 5.91 Å². The molecule has 0 spiro atoms. The van der Waals surface area contributed by atoms with E-state index in [1.54, 1.807) is 6.07 Å². The van der Waals surface area contributed by atoms with Crippen LogP contribution in [0, 0.1) is 0 Å². The number of carbonyl (C=O) groups excluding carboxylic acids is 1. The van der Waals surface area contributed by atoms with Crippen LogP contribution in [0.25, 0.3) is 0 Å². The quantitative estimate of drug-likeness (QED) is 0.772. The van der Waals surface area contributed by atoms with E-state index >= 15 is 0 Å². The number of halogens is 1. The molecular weight excluding hydrogens is 311 g/mol. The minimum Gasteiger partial charge on any atom is -0.378 e. The molecule has 22 heavy (non-hydrogen) atoms. The average Bonchev–Trinajstić information content (AvgIpc) is 2.90. The van der Waals surface area contributed by atoms with Crippen molar-refractivity contribution in [3.8, 4) is 0 Å². The van der Waals surface area contributed by atoms with Crippen molar-refractivity contribution in [3.05, 3.63) is 24.3 Å². The van der Waals surface area contributed by atoms with E-state index in [1.165, 1.54) is 4.90 Å². The Morgan fingerprint density at radius 1 is 1.18 bits per heavy atom. The van der Waals surface area contributed by atoms with Gasteiger partial charge in [-0.15, -0.1) is 3.89 Å². The SMILES string of the molecule is O=C1CC(S(=O)(=O)F)CN1c1cccc(N2CCOCC2)c1. The fraction of sp³-hybridized carbons (Fsp3) is 0.500. The number of hydrogen-bond acceptors (Lipinski definition) is 5. The molecule has 120 valence electrons. The van der Waals surface area contributed by atoms with Crippen molar-refractivity contribution in [2.45, 2.75) is 11.7 Å². The molecule has 0 bridgehead atoms. The lowest BCUT2D eigenvalue weighted by Crippen LogP contribution is -2.36. The molecule has 1 amide bonds. The van der Waals surface area contributed by atoms with E-state index in [-0.39, 0.29) is 18.9 Å². The molecule has 1 aromatic carbocycles. The molecular formula is C14H17FN2O4S. The molecule has 6 nitrogen and oxygen atoms in total. The molecule has 2 heterocycles. The highest BCUT2D eigenvalue weighted by Crippen LogP contribution is 2.29. The van der Waals surface area contributed by atoms with Gasteiger partial charge in [0.15, 0.2) is 0 Å². The molecule has 2 saturated heterocycles. The standard InChI is InChI=1S/C14H17FN2O4S/c15-22(19,20)13-9-14(18)17(10-13)12-3-1-2-11(8-12)16-4-6-21-7-5-16/h1-3,8,13H,4-7,9-10H2. The molecule has 0 N–H and O–H groups in total. The van der Waals surface area contributed by atoms with Gasteiger partial charge in [0, 0.05) is 37.4 Å². The Labute approximate surface area is 128 Å². The molecule has 1 atom stereocenters. The number of rotatable bonds is 3. The predicted octanol–water partition coefficient (Wildman–Crippen LogP) is 0.928. The molecule has 0 aliphatic carbocycles. The van der Waals surface area contributed by atoms with Crippen molar-refractivity contribution in [3.63, 3.8) is 0 Å². The summed E-state index contributed by atoms with van der Waals surface area (Å²) in [5, 5.41) is -1.27. The lowest BCUT2D eigenvalue weighted by molar-refractivity contribution is -0.117. The van der Waals surface area contributed by atoms with Crippen LogP contribution >= 0.6 is 0 Å². The summed E-state index contributed by atoms with van der Waals surface area (Å²) in [7, 11) is -4.70. The zero-order valence-corrected chi connectivity index (χ0v) is 12.8. The largest absolute Gasteiger partial charge is 0.378 e. The Balaban J connectivity index is 1.81. The predicted molar refractivity (Wildman–Crippen MR) is 80.3 cm³/mol. The number of hydrogen-bond donors (Lipinski definition) is 0. The summed E-state index contributed by atoms with van der Waals surface area (Å²) in [6, 6.07) is 7.30. The first-order chi connectivity index (χ1) is 10.4. The van der Waals surface area contributed by atoms with Crippen molar-refractivity contribution in [2.24, 2.45) is 0 Å². The van der Waals surface area contributed by atoms with E-state index in [0.29, 0.717) is 18.9 Å². The van der Waals surface area contributed by atoms with Gasteiger partial charge in [0.1, 0.15) is 5.25 Å². The topological polar surface area (TPSA) is 66.9 Å². The van der Waals surface area contributed by atoms with Crippen LogP contribution < -0.4 is 9.80 Å². The monoisotopic (exact) mass is 328 g/mol. The van der Waals surface area contributed by atoms with Gasteiger partial charge < -0.3 is 14.5 Å². The van der Waals surface area contributed by atoms with Gasteiger partial charge in [-0.25, -0.2) is 0 Å². The maximum Gasteiger partial charge on any atom is 0.307 e. The second kappa shape index (κ2) is 5.85. The Morgan fingerprint density at radius 3 is 2.50 bits per heavy atom. The number of benzene rings is 1. The smallest absolute Gasteiger partial charge is 0.307 e. The molecule has 0 aromatic heterocycles. The molecule has 0 saturated carbocycles. The van der Waals surface area contributed by atoms with Crippen LogP contribution in [-0.4, -0.2) is 52.4 Å². The van der Waals surface area contributed by atoms with Gasteiger partial charge in [-0.05, 0) is 18.2 Å². The van der Waals surface area contributed by atoms with Crippen molar-refractivity contribution >= 4 is 27.5 Å². The van der Waals surface area contributed by atoms with E-state index in [1.807, 2.05) is 18.2 Å². The number of morpholine rings is 1. The Morgan fingerprint density at radius 2 is 1.86 bits per heavy atom. The molecule has 3 rings (SSSR count). The summed E-state index contributed by atoms with van der Waals surface area (Å²) in [6.45, 7) is 2.69. The second-order valence-electron chi connectivity index (χ2n) is 5.43. The van der Waals surface area contributed by atoms with Gasteiger partial charge in [-0.1, -0.05) is 6.07 Å². The van der Waals surface area contributed by atoms with Crippen LogP contribution in [0.4, 0.5) is 15.3 Å². The first-order valence-corrected chi connectivity index (χ1v) is 8.56. The van der Waals surface area contributed by atoms with Crippen LogP contribution in [-0.2, 0) is 19.8 Å². The minimum atomic E-state index is -4.70. The molecule has 2 fully saturated rings. The molecule has 2 aliphatic rings. The van der Waals surface area contributed by atoms with Gasteiger partial charge in [0.25, 0.3) is 0 Å². The Hall–Kier alpha value is -1.67. The van der Waals surface area contributed by atoms with Crippen LogP contribution in [0.15, 0.2) is 24.3 Å². The second-order valence-corrected chi connectivity index (χ2v) is 7.04. The maximum absolute atomic E-state index is 13.1. The summed E-state index contributed by atoms with van der Waals surface area (Å²) in [5.74, 6) is -0.370. The van der Waals surface area contributed by atoms with Crippen LogP contribution in [0.3, 0.4) is 0 Å². The highest BCUT2D eigenvalue weighted by molar-refractivity contribution is 7.87. The van der Waals surface area contributed by atoms with E-state index in [2.05, 4.69) is 4.90 Å². The highest BCUT2D eigenvalue weighted by atomic mass is 32.3. The normalized spacial score (nSPS) is 23.1. The fourth-order valence-electron chi connectivity index (χ4n) is 2.79. The van der Waals surface area contributed by atoms with Gasteiger partial charge in [-0.3, -0.25) is 4.79 Å². The summed E-state index contributed by atoms with van der Waals surface area (Å²) >= 11 is 0. The van der Waals surface area contributed by atoms with Crippen molar-refractivity contribution in [1.82, 2.24) is 0 Å². The van der Waals surface area contributed by atoms with Crippen LogP contribution in [0.2, 0.25) is 0 Å². The lowest BCUT2D eigenvalue weighted by Gasteiger charge is -2.29. The van der Waals surface area contributed by atoms with Gasteiger partial charge in [-0.2, -0.15) is 8.42 Å². The number of anilines is 2. The molecule has 1 unspecified atom stereocenters. The molecule has 8 heteroatoms. The zero-order valence-electron chi connectivity index (χ0n) is 11.9. The third-order valence-electron chi connectivity index (χ3n) is 4.01. The van der Waals surface area contributed by atoms with Gasteiger partial charge >= 0.3 is 10.2 Å². The van der Waals surface area contributed by atoms with E-state index < -0.39 is 15.5 Å². The molecule has 2 aliphatic heterocycles. The number of carbonyl (C=O) groups is 1. The van der Waals surface area contributed by atoms with E-state index in [4.69, 9.17) is 4.74 Å². The Bertz CT molecular complexity index is 673. The zero-order chi connectivity index (χ0) is 15.7. The van der Waals surface area contributed by atoms with Crippen molar-refractivity contribution in [1.29, 1.82) is 0 Å². The van der Waals surface area contributed by atoms with E-state index in [9.17, 15) is 17.1 Å². The van der Waals surface area contributed by atoms with Crippen molar-refractivity contribution in [2.75, 3.05) is 42.6 Å². The summed E-state index contributed by atoms with van der Waals surface area (Å²) < 4.78 is 40.4. The van der Waals surface area contributed by atoms with Gasteiger partial charge in [0.05, 0.1) is 13.2 Å². The Kier molecular flexibility index (Phi) is 4.05. The van der Waals surface area contributed by atoms with E-state index in [0.717, 1.165) is 18.8 Å². The lowest BCUT2D eigenvalue weighted by atomic mass is 10.2. The van der Waals surface area contributed by atoms with Crippen molar-refractivity contribution < 1.29 is 21.8 Å². The first kappa shape index (κ1) is 15.2. The molecule has 0 radical (unpaired) electrons. The highest BCUT2D eigenvalue weighted by Gasteiger charge is 2.39. The number of amides is 1. The van der Waals surface area contributed by atoms with Crippen LogP contribution in [0.1, 0.15) is 6.42 Å². The minimum absolute atomic E-state index is 0.135. The van der Waals surface area contributed by atoms with Crippen LogP contribution in [0.5, 0.6) is 0 Å². The summed E-state index contributed by atoms with van der Waals surface area (Å²) in [5.41, 5.74) is 1.54. The summed E-state index contributed by atoms with van der Waals surface area (Å²) in [6.07, 6.45) is -0.305. The fourth-order valence-corrected chi connectivity index (χ4v) is 3.46. The molecule has 1 aromatic rings.